The summed E-state index contributed by atoms with van der Waals surface area (Å²) in [6.45, 7) is 2.96. The van der Waals surface area contributed by atoms with Crippen LogP contribution in [0.25, 0.3) is 22.5 Å². The lowest BCUT2D eigenvalue weighted by atomic mass is 10.0. The molecule has 2 heterocycles. The van der Waals surface area contributed by atoms with Gasteiger partial charge in [0, 0.05) is 35.0 Å². The van der Waals surface area contributed by atoms with Crippen molar-refractivity contribution in [1.82, 2.24) is 4.98 Å². The summed E-state index contributed by atoms with van der Waals surface area (Å²) >= 11 is 0. The highest BCUT2D eigenvalue weighted by Crippen LogP contribution is 2.23. The number of aromatic nitrogens is 2. The van der Waals surface area contributed by atoms with Gasteiger partial charge in [-0.3, -0.25) is 4.98 Å². The van der Waals surface area contributed by atoms with Crippen molar-refractivity contribution < 1.29 is 4.57 Å². The van der Waals surface area contributed by atoms with Gasteiger partial charge in [0.1, 0.15) is 0 Å². The van der Waals surface area contributed by atoms with Gasteiger partial charge in [0.05, 0.1) is 5.69 Å². The molecule has 0 radical (unpaired) electrons. The molecule has 0 amide bonds. The highest BCUT2D eigenvalue weighted by Gasteiger charge is 2.16. The van der Waals surface area contributed by atoms with Gasteiger partial charge in [0.25, 0.3) is 0 Å². The van der Waals surface area contributed by atoms with Gasteiger partial charge in [-0.25, -0.2) is 0 Å². The van der Waals surface area contributed by atoms with Crippen molar-refractivity contribution in [1.29, 1.82) is 0 Å². The molecule has 26 heavy (non-hydrogen) atoms. The SMILES string of the molecule is Cc1ccccc1-c1cccc[n+]1Cc1ccccc1-c1ccccn1. The maximum Gasteiger partial charge on any atom is 0.213 e. The van der Waals surface area contributed by atoms with E-state index in [0.717, 1.165) is 12.2 Å². The van der Waals surface area contributed by atoms with Gasteiger partial charge in [-0.05, 0) is 36.8 Å². The number of hydrogen-bond acceptors (Lipinski definition) is 1. The Balaban J connectivity index is 1.78. The van der Waals surface area contributed by atoms with E-state index in [1.54, 1.807) is 0 Å². The number of nitrogens with zero attached hydrogens (tertiary/aromatic N) is 2. The third-order valence-corrected chi connectivity index (χ3v) is 4.66. The summed E-state index contributed by atoms with van der Waals surface area (Å²) in [5.41, 5.74) is 7.23. The molecule has 0 saturated carbocycles. The Morgan fingerprint density at radius 2 is 1.46 bits per heavy atom. The van der Waals surface area contributed by atoms with E-state index in [9.17, 15) is 0 Å². The minimum atomic E-state index is 0.803. The normalized spacial score (nSPS) is 10.7. The second-order valence-electron chi connectivity index (χ2n) is 6.40. The molecule has 0 saturated heterocycles. The molecule has 2 nitrogen and oxygen atoms in total. The van der Waals surface area contributed by atoms with Gasteiger partial charge in [-0.2, -0.15) is 4.57 Å². The molecule has 126 valence electrons. The van der Waals surface area contributed by atoms with Crippen molar-refractivity contribution in [2.45, 2.75) is 13.5 Å². The molecular formula is C24H21N2+. The predicted octanol–water partition coefficient (Wildman–Crippen LogP) is 5.06. The van der Waals surface area contributed by atoms with Crippen LogP contribution < -0.4 is 4.57 Å². The van der Waals surface area contributed by atoms with Crippen molar-refractivity contribution in [3.8, 4) is 22.5 Å². The summed E-state index contributed by atoms with van der Waals surface area (Å²) in [6.07, 6.45) is 4.00. The number of rotatable bonds is 4. The zero-order chi connectivity index (χ0) is 17.8. The highest BCUT2D eigenvalue weighted by molar-refractivity contribution is 5.63. The van der Waals surface area contributed by atoms with Crippen LogP contribution >= 0.6 is 0 Å². The number of benzene rings is 2. The van der Waals surface area contributed by atoms with Crippen LogP contribution in [0.4, 0.5) is 0 Å². The first-order valence-electron chi connectivity index (χ1n) is 8.87. The highest BCUT2D eigenvalue weighted by atomic mass is 15.0. The second kappa shape index (κ2) is 7.32. The molecule has 0 aliphatic rings. The molecule has 0 spiro atoms. The average Bonchev–Trinajstić information content (AvgIpc) is 2.70. The van der Waals surface area contributed by atoms with E-state index in [0.29, 0.717) is 0 Å². The molecule has 0 fully saturated rings. The molecule has 0 atom stereocenters. The van der Waals surface area contributed by atoms with Gasteiger partial charge >= 0.3 is 0 Å². The fraction of sp³-hybridized carbons (Fsp3) is 0.0833. The minimum Gasteiger partial charge on any atom is -0.256 e. The van der Waals surface area contributed by atoms with E-state index in [-0.39, 0.29) is 0 Å². The van der Waals surface area contributed by atoms with Crippen molar-refractivity contribution >= 4 is 0 Å². The topological polar surface area (TPSA) is 16.8 Å². The molecule has 2 aromatic heterocycles. The summed E-state index contributed by atoms with van der Waals surface area (Å²) in [4.78, 5) is 4.54. The Labute approximate surface area is 154 Å². The van der Waals surface area contributed by atoms with Crippen LogP contribution in [0.2, 0.25) is 0 Å². The number of aryl methyl sites for hydroxylation is 1. The Hall–Kier alpha value is -3.26. The molecule has 0 unspecified atom stereocenters. The number of hydrogen-bond donors (Lipinski definition) is 0. The van der Waals surface area contributed by atoms with Crippen LogP contribution in [0, 0.1) is 6.92 Å². The van der Waals surface area contributed by atoms with Gasteiger partial charge in [-0.15, -0.1) is 0 Å². The molecule has 0 bridgehead atoms. The predicted molar refractivity (Wildman–Crippen MR) is 106 cm³/mol. The van der Waals surface area contributed by atoms with Crippen LogP contribution in [0.3, 0.4) is 0 Å². The van der Waals surface area contributed by atoms with E-state index in [1.807, 2.05) is 18.3 Å². The monoisotopic (exact) mass is 337 g/mol. The quantitative estimate of drug-likeness (QED) is 0.476. The standard InChI is InChI=1S/C24H21N2/c1-19-10-2-4-12-21(19)24-15-7-9-17-26(24)18-20-11-3-5-13-22(20)23-14-6-8-16-25-23/h2-17H,18H2,1H3/q+1. The molecule has 2 aromatic carbocycles. The molecule has 4 aromatic rings. The maximum atomic E-state index is 4.54. The molecule has 0 N–H and O–H groups in total. The Morgan fingerprint density at radius 3 is 2.27 bits per heavy atom. The first-order chi connectivity index (χ1) is 12.8. The Morgan fingerprint density at radius 1 is 0.731 bits per heavy atom. The lowest BCUT2D eigenvalue weighted by Crippen LogP contribution is -2.36. The van der Waals surface area contributed by atoms with Gasteiger partial charge in [0.15, 0.2) is 12.7 Å². The maximum absolute atomic E-state index is 4.54. The molecule has 0 aliphatic carbocycles. The third kappa shape index (κ3) is 3.27. The molecular weight excluding hydrogens is 316 g/mol. The summed E-state index contributed by atoms with van der Waals surface area (Å²) in [6, 6.07) is 29.5. The van der Waals surface area contributed by atoms with Crippen LogP contribution in [0.5, 0.6) is 0 Å². The third-order valence-electron chi connectivity index (χ3n) is 4.66. The van der Waals surface area contributed by atoms with Crippen LogP contribution in [-0.2, 0) is 6.54 Å². The van der Waals surface area contributed by atoms with Gasteiger partial charge in [0.2, 0.25) is 5.69 Å². The zero-order valence-corrected chi connectivity index (χ0v) is 14.8. The minimum absolute atomic E-state index is 0.803. The molecule has 4 rings (SSSR count). The van der Waals surface area contributed by atoms with Crippen molar-refractivity contribution in [3.05, 3.63) is 108 Å². The van der Waals surface area contributed by atoms with Crippen LogP contribution in [0.1, 0.15) is 11.1 Å². The van der Waals surface area contributed by atoms with E-state index in [4.69, 9.17) is 0 Å². The summed E-state index contributed by atoms with van der Waals surface area (Å²) in [5, 5.41) is 0. The molecule has 2 heteroatoms. The smallest absolute Gasteiger partial charge is 0.213 e. The van der Waals surface area contributed by atoms with Gasteiger partial charge in [-0.1, -0.05) is 48.5 Å². The van der Waals surface area contributed by atoms with E-state index in [2.05, 4.69) is 95.5 Å². The Kier molecular flexibility index (Phi) is 4.57. The van der Waals surface area contributed by atoms with Crippen molar-refractivity contribution in [2.75, 3.05) is 0 Å². The van der Waals surface area contributed by atoms with E-state index >= 15 is 0 Å². The van der Waals surface area contributed by atoms with Crippen molar-refractivity contribution in [2.24, 2.45) is 0 Å². The van der Waals surface area contributed by atoms with Crippen LogP contribution in [-0.4, -0.2) is 4.98 Å². The largest absolute Gasteiger partial charge is 0.256 e. The van der Waals surface area contributed by atoms with Gasteiger partial charge < -0.3 is 0 Å². The fourth-order valence-corrected chi connectivity index (χ4v) is 3.33. The Bertz CT molecular complexity index is 1020. The van der Waals surface area contributed by atoms with E-state index in [1.165, 1.54) is 27.9 Å². The summed E-state index contributed by atoms with van der Waals surface area (Å²) in [7, 11) is 0. The van der Waals surface area contributed by atoms with E-state index < -0.39 is 0 Å². The van der Waals surface area contributed by atoms with Crippen LogP contribution in [0.15, 0.2) is 97.3 Å². The first-order valence-corrected chi connectivity index (χ1v) is 8.87. The summed E-state index contributed by atoms with van der Waals surface area (Å²) < 4.78 is 2.31. The summed E-state index contributed by atoms with van der Waals surface area (Å²) in [5.74, 6) is 0. The number of pyridine rings is 2. The second-order valence-corrected chi connectivity index (χ2v) is 6.40. The van der Waals surface area contributed by atoms with Crippen molar-refractivity contribution in [3.63, 3.8) is 0 Å². The lowest BCUT2D eigenvalue weighted by Gasteiger charge is -2.10. The zero-order valence-electron chi connectivity index (χ0n) is 14.8. The average molecular weight is 337 g/mol. The first kappa shape index (κ1) is 16.2. The lowest BCUT2D eigenvalue weighted by molar-refractivity contribution is -0.677. The fourth-order valence-electron chi connectivity index (χ4n) is 3.33. The molecule has 0 aliphatic heterocycles.